The number of hydrogen-bond acceptors (Lipinski definition) is 6. The number of anilines is 1. The lowest BCUT2D eigenvalue weighted by Crippen LogP contribution is -2.23. The van der Waals surface area contributed by atoms with Crippen LogP contribution in [0.2, 0.25) is 0 Å². The van der Waals surface area contributed by atoms with Crippen molar-refractivity contribution in [1.82, 2.24) is 9.55 Å². The number of fused-ring (bicyclic) bond motifs is 1. The van der Waals surface area contributed by atoms with E-state index >= 15 is 0 Å². The fourth-order valence-corrected chi connectivity index (χ4v) is 2.54. The van der Waals surface area contributed by atoms with E-state index in [-0.39, 0.29) is 29.9 Å². The number of aryl methyl sites for hydroxylation is 1. The number of benzene rings is 2. The molecule has 27 heavy (non-hydrogen) atoms. The summed E-state index contributed by atoms with van der Waals surface area (Å²) in [7, 11) is 0. The van der Waals surface area contributed by atoms with Gasteiger partial charge in [-0.2, -0.15) is 5.26 Å². The minimum atomic E-state index is -0.587. The zero-order valence-electron chi connectivity index (χ0n) is 14.0. The summed E-state index contributed by atoms with van der Waals surface area (Å²) in [4.78, 5) is 39.0. The molecule has 9 heteroatoms. The molecule has 0 spiro atoms. The minimum Gasteiger partial charge on any atom is -0.325 e. The highest BCUT2D eigenvalue weighted by Gasteiger charge is 2.12. The van der Waals surface area contributed by atoms with E-state index in [0.29, 0.717) is 16.8 Å². The van der Waals surface area contributed by atoms with Crippen molar-refractivity contribution in [2.45, 2.75) is 13.0 Å². The first kappa shape index (κ1) is 17.8. The number of nitrogens with one attached hydrogen (secondary N) is 1. The number of amides is 1. The number of rotatable bonds is 5. The normalized spacial score (nSPS) is 10.3. The second kappa shape index (κ2) is 7.45. The fraction of sp³-hybridized carbons (Fsp3) is 0.111. The van der Waals surface area contributed by atoms with Crippen molar-refractivity contribution in [3.05, 3.63) is 74.8 Å². The first-order valence-electron chi connectivity index (χ1n) is 7.92. The van der Waals surface area contributed by atoms with E-state index < -0.39 is 10.5 Å². The van der Waals surface area contributed by atoms with E-state index in [2.05, 4.69) is 10.3 Å². The molecule has 0 unspecified atom stereocenters. The number of nitriles is 1. The molecular formula is C18H13N5O4. The fourth-order valence-electron chi connectivity index (χ4n) is 2.54. The van der Waals surface area contributed by atoms with Crippen molar-refractivity contribution < 1.29 is 9.72 Å². The summed E-state index contributed by atoms with van der Waals surface area (Å²) in [6.45, 7) is 0.0466. The summed E-state index contributed by atoms with van der Waals surface area (Å²) in [6, 6.07) is 12.4. The maximum atomic E-state index is 12.5. The van der Waals surface area contributed by atoms with Crippen molar-refractivity contribution in [3.8, 4) is 6.07 Å². The number of nitrogens with zero attached hydrogens (tertiary/aromatic N) is 4. The smallest absolute Gasteiger partial charge is 0.270 e. The maximum Gasteiger partial charge on any atom is 0.270 e. The van der Waals surface area contributed by atoms with Crippen LogP contribution < -0.4 is 10.9 Å². The van der Waals surface area contributed by atoms with Crippen LogP contribution in [-0.2, 0) is 11.3 Å². The Hall–Kier alpha value is -4.06. The zero-order chi connectivity index (χ0) is 19.4. The first-order valence-corrected chi connectivity index (χ1v) is 7.92. The van der Waals surface area contributed by atoms with Gasteiger partial charge in [-0.25, -0.2) is 4.98 Å². The molecule has 0 saturated heterocycles. The number of hydrogen-bond donors (Lipinski definition) is 1. The van der Waals surface area contributed by atoms with Crippen LogP contribution in [0.5, 0.6) is 0 Å². The van der Waals surface area contributed by atoms with Crippen LogP contribution in [0.1, 0.15) is 12.0 Å². The highest BCUT2D eigenvalue weighted by molar-refractivity contribution is 5.92. The quantitative estimate of drug-likeness (QED) is 0.546. The van der Waals surface area contributed by atoms with Gasteiger partial charge in [0.25, 0.3) is 11.2 Å². The second-order valence-electron chi connectivity index (χ2n) is 5.66. The lowest BCUT2D eigenvalue weighted by atomic mass is 10.2. The molecule has 1 heterocycles. The van der Waals surface area contributed by atoms with Gasteiger partial charge in [0.05, 0.1) is 33.4 Å². The number of aromatic nitrogens is 2. The molecule has 0 aliphatic heterocycles. The Bertz CT molecular complexity index is 1150. The van der Waals surface area contributed by atoms with Gasteiger partial charge in [-0.1, -0.05) is 12.1 Å². The summed E-state index contributed by atoms with van der Waals surface area (Å²) in [5.74, 6) is -0.372. The summed E-state index contributed by atoms with van der Waals surface area (Å²) in [6.07, 6.45) is 1.27. The Balaban J connectivity index is 1.78. The Morgan fingerprint density at radius 3 is 2.81 bits per heavy atom. The number of nitro benzene ring substituents is 1. The van der Waals surface area contributed by atoms with Crippen LogP contribution in [-0.4, -0.2) is 20.4 Å². The van der Waals surface area contributed by atoms with Crippen LogP contribution in [0.15, 0.2) is 53.6 Å². The molecule has 0 saturated carbocycles. The zero-order valence-corrected chi connectivity index (χ0v) is 14.0. The van der Waals surface area contributed by atoms with Crippen LogP contribution >= 0.6 is 0 Å². The monoisotopic (exact) mass is 363 g/mol. The Kier molecular flexibility index (Phi) is 4.90. The van der Waals surface area contributed by atoms with Crippen molar-refractivity contribution in [2.75, 3.05) is 5.32 Å². The Morgan fingerprint density at radius 2 is 2.07 bits per heavy atom. The van der Waals surface area contributed by atoms with E-state index in [1.807, 2.05) is 6.07 Å². The third-order valence-corrected chi connectivity index (χ3v) is 3.92. The lowest BCUT2D eigenvalue weighted by molar-refractivity contribution is -0.384. The van der Waals surface area contributed by atoms with E-state index in [0.717, 1.165) is 0 Å². The van der Waals surface area contributed by atoms with Crippen LogP contribution in [0.25, 0.3) is 10.9 Å². The van der Waals surface area contributed by atoms with E-state index in [9.17, 15) is 19.7 Å². The summed E-state index contributed by atoms with van der Waals surface area (Å²) >= 11 is 0. The number of nitro groups is 1. The number of non-ortho nitro benzene ring substituents is 1. The molecule has 1 amide bonds. The van der Waals surface area contributed by atoms with Gasteiger partial charge in [0, 0.05) is 25.1 Å². The van der Waals surface area contributed by atoms with Crippen molar-refractivity contribution >= 4 is 28.2 Å². The molecule has 0 atom stereocenters. The largest absolute Gasteiger partial charge is 0.325 e. The molecule has 0 fully saturated rings. The second-order valence-corrected chi connectivity index (χ2v) is 5.66. The van der Waals surface area contributed by atoms with Crippen molar-refractivity contribution in [2.24, 2.45) is 0 Å². The number of carbonyl (C=O) groups excluding carboxylic acids is 1. The van der Waals surface area contributed by atoms with E-state index in [1.165, 1.54) is 29.1 Å². The van der Waals surface area contributed by atoms with Gasteiger partial charge >= 0.3 is 0 Å². The van der Waals surface area contributed by atoms with E-state index in [4.69, 9.17) is 5.26 Å². The Morgan fingerprint density at radius 1 is 1.30 bits per heavy atom. The van der Waals surface area contributed by atoms with Crippen LogP contribution in [0.4, 0.5) is 11.4 Å². The van der Waals surface area contributed by atoms with Gasteiger partial charge in [0.1, 0.15) is 6.07 Å². The minimum absolute atomic E-state index is 0.0260. The summed E-state index contributed by atoms with van der Waals surface area (Å²) < 4.78 is 1.22. The topological polar surface area (TPSA) is 131 Å². The van der Waals surface area contributed by atoms with Gasteiger partial charge in [0.15, 0.2) is 0 Å². The average Bonchev–Trinajstić information content (AvgIpc) is 2.67. The predicted octanol–water partition coefficient (Wildman–Crippen LogP) is 2.21. The summed E-state index contributed by atoms with van der Waals surface area (Å²) in [5, 5.41) is 22.7. The molecule has 3 rings (SSSR count). The molecule has 0 aliphatic rings. The molecule has 0 bridgehead atoms. The third-order valence-electron chi connectivity index (χ3n) is 3.92. The molecule has 1 aromatic heterocycles. The van der Waals surface area contributed by atoms with Gasteiger partial charge in [0.2, 0.25) is 5.91 Å². The first-order chi connectivity index (χ1) is 13.0. The van der Waals surface area contributed by atoms with Crippen LogP contribution in [0.3, 0.4) is 0 Å². The molecule has 1 N–H and O–H groups in total. The standard InChI is InChI=1S/C18H13N5O4/c19-10-12-3-1-2-4-15(12)21-17(24)7-8-22-11-20-16-6-5-13(23(26)27)9-14(16)18(22)25/h1-6,9,11H,7-8H2,(H,21,24). The summed E-state index contributed by atoms with van der Waals surface area (Å²) in [5.41, 5.74) is 0.403. The highest BCUT2D eigenvalue weighted by atomic mass is 16.6. The van der Waals surface area contributed by atoms with Gasteiger partial charge in [-0.15, -0.1) is 0 Å². The van der Waals surface area contributed by atoms with Crippen molar-refractivity contribution in [1.29, 1.82) is 5.26 Å². The van der Waals surface area contributed by atoms with Crippen LogP contribution in [0, 0.1) is 21.4 Å². The molecule has 0 radical (unpaired) electrons. The highest BCUT2D eigenvalue weighted by Crippen LogP contribution is 2.16. The predicted molar refractivity (Wildman–Crippen MR) is 97.1 cm³/mol. The average molecular weight is 363 g/mol. The molecule has 0 aliphatic carbocycles. The lowest BCUT2D eigenvalue weighted by Gasteiger charge is -2.08. The Labute approximate surface area is 152 Å². The van der Waals surface area contributed by atoms with Gasteiger partial charge < -0.3 is 5.32 Å². The third kappa shape index (κ3) is 3.80. The molecule has 2 aromatic carbocycles. The van der Waals surface area contributed by atoms with Crippen molar-refractivity contribution in [3.63, 3.8) is 0 Å². The number of carbonyl (C=O) groups is 1. The van der Waals surface area contributed by atoms with Gasteiger partial charge in [-0.3, -0.25) is 24.3 Å². The molecular weight excluding hydrogens is 350 g/mol. The number of para-hydroxylation sites is 1. The molecule has 9 nitrogen and oxygen atoms in total. The van der Waals surface area contributed by atoms with E-state index in [1.54, 1.807) is 24.3 Å². The molecule has 134 valence electrons. The SMILES string of the molecule is N#Cc1ccccc1NC(=O)CCn1cnc2ccc([N+](=O)[O-])cc2c1=O. The molecule has 3 aromatic rings. The van der Waals surface area contributed by atoms with Gasteiger partial charge in [-0.05, 0) is 18.2 Å². The maximum absolute atomic E-state index is 12.5.